The van der Waals surface area contributed by atoms with Crippen LogP contribution in [0.1, 0.15) is 0 Å². The molecular formula is C6H18Cl3N3. The second-order valence-electron chi connectivity index (χ2n) is 2.70. The van der Waals surface area contributed by atoms with Crippen molar-refractivity contribution in [1.82, 2.24) is 0 Å². The van der Waals surface area contributed by atoms with Crippen LogP contribution in [-0.4, -0.2) is 19.6 Å². The van der Waals surface area contributed by atoms with Gasteiger partial charge >= 0.3 is 0 Å². The summed E-state index contributed by atoms with van der Waals surface area (Å²) in [6.45, 7) is 2.26. The van der Waals surface area contributed by atoms with Gasteiger partial charge in [-0.05, 0) is 37.4 Å². The van der Waals surface area contributed by atoms with Crippen molar-refractivity contribution in [1.29, 1.82) is 0 Å². The summed E-state index contributed by atoms with van der Waals surface area (Å²) in [7, 11) is 0. The molecule has 1 aliphatic carbocycles. The maximum atomic E-state index is 5.45. The molecular weight excluding hydrogens is 220 g/mol. The lowest BCUT2D eigenvalue weighted by atomic mass is 10.3. The molecule has 0 aromatic carbocycles. The quantitative estimate of drug-likeness (QED) is 0.647. The second kappa shape index (κ2) is 8.35. The van der Waals surface area contributed by atoms with Crippen LogP contribution in [0.4, 0.5) is 0 Å². The maximum absolute atomic E-state index is 5.45. The molecule has 0 aromatic rings. The van der Waals surface area contributed by atoms with Gasteiger partial charge in [-0.2, -0.15) is 0 Å². The fourth-order valence-electron chi connectivity index (χ4n) is 1.57. The average molecular weight is 239 g/mol. The molecule has 1 rings (SSSR count). The van der Waals surface area contributed by atoms with Crippen LogP contribution in [0.15, 0.2) is 0 Å². The fraction of sp³-hybridized carbons (Fsp3) is 1.00. The molecule has 0 unspecified atom stereocenters. The summed E-state index contributed by atoms with van der Waals surface area (Å²) in [5.41, 5.74) is 16.4. The highest BCUT2D eigenvalue weighted by Gasteiger charge is 2.46. The van der Waals surface area contributed by atoms with Crippen molar-refractivity contribution in [3.8, 4) is 0 Å². The summed E-state index contributed by atoms with van der Waals surface area (Å²) < 4.78 is 0. The first-order valence-electron chi connectivity index (χ1n) is 3.45. The molecule has 0 saturated heterocycles. The second-order valence-corrected chi connectivity index (χ2v) is 2.70. The van der Waals surface area contributed by atoms with E-state index in [0.717, 1.165) is 19.6 Å². The highest BCUT2D eigenvalue weighted by atomic mass is 35.5. The van der Waals surface area contributed by atoms with Gasteiger partial charge in [0.05, 0.1) is 0 Å². The third kappa shape index (κ3) is 3.64. The molecule has 1 saturated carbocycles. The Morgan fingerprint density at radius 2 is 0.750 bits per heavy atom. The Hall–Kier alpha value is 0.750. The number of hydrogen-bond donors (Lipinski definition) is 3. The van der Waals surface area contributed by atoms with E-state index in [-0.39, 0.29) is 37.2 Å². The molecule has 0 atom stereocenters. The predicted molar refractivity (Wildman–Crippen MR) is 59.4 cm³/mol. The highest BCUT2D eigenvalue weighted by molar-refractivity contribution is 5.86. The van der Waals surface area contributed by atoms with Gasteiger partial charge in [-0.15, -0.1) is 37.2 Å². The number of hydrogen-bond acceptors (Lipinski definition) is 3. The SMILES string of the molecule is Cl.Cl.Cl.NCC1C(CN)C1CN. The van der Waals surface area contributed by atoms with Crippen molar-refractivity contribution in [3.05, 3.63) is 0 Å². The van der Waals surface area contributed by atoms with Crippen LogP contribution >= 0.6 is 37.2 Å². The normalized spacial score (nSPS) is 30.8. The minimum absolute atomic E-state index is 0. The van der Waals surface area contributed by atoms with Gasteiger partial charge < -0.3 is 17.2 Å². The molecule has 0 amide bonds. The lowest BCUT2D eigenvalue weighted by molar-refractivity contribution is 0.715. The van der Waals surface area contributed by atoms with E-state index in [1.165, 1.54) is 0 Å². The Morgan fingerprint density at radius 1 is 0.583 bits per heavy atom. The van der Waals surface area contributed by atoms with Crippen LogP contribution in [-0.2, 0) is 0 Å². The zero-order valence-electron chi connectivity index (χ0n) is 6.81. The lowest BCUT2D eigenvalue weighted by Crippen LogP contribution is -2.08. The van der Waals surface area contributed by atoms with E-state index >= 15 is 0 Å². The van der Waals surface area contributed by atoms with E-state index in [1.807, 2.05) is 0 Å². The first-order valence-corrected chi connectivity index (χ1v) is 3.45. The summed E-state index contributed by atoms with van der Waals surface area (Å²) in [4.78, 5) is 0. The van der Waals surface area contributed by atoms with E-state index in [9.17, 15) is 0 Å². The number of halogens is 3. The van der Waals surface area contributed by atoms with Crippen LogP contribution in [0.5, 0.6) is 0 Å². The van der Waals surface area contributed by atoms with E-state index in [4.69, 9.17) is 17.2 Å². The first-order chi connectivity index (χ1) is 4.35. The minimum Gasteiger partial charge on any atom is -0.330 e. The summed E-state index contributed by atoms with van der Waals surface area (Å²) in [6, 6.07) is 0. The van der Waals surface area contributed by atoms with Crippen molar-refractivity contribution >= 4 is 37.2 Å². The molecule has 0 spiro atoms. The van der Waals surface area contributed by atoms with E-state index in [1.54, 1.807) is 0 Å². The predicted octanol–water partition coefficient (Wildman–Crippen LogP) is -0.00990. The van der Waals surface area contributed by atoms with E-state index < -0.39 is 0 Å². The molecule has 3 nitrogen and oxygen atoms in total. The van der Waals surface area contributed by atoms with Gasteiger partial charge in [-0.1, -0.05) is 0 Å². The molecule has 6 N–H and O–H groups in total. The van der Waals surface area contributed by atoms with Crippen molar-refractivity contribution < 1.29 is 0 Å². The molecule has 1 fully saturated rings. The molecule has 0 heterocycles. The Kier molecular flexibility index (Phi) is 12.9. The van der Waals surface area contributed by atoms with Gasteiger partial charge in [0.25, 0.3) is 0 Å². The molecule has 0 aliphatic heterocycles. The zero-order valence-corrected chi connectivity index (χ0v) is 9.26. The van der Waals surface area contributed by atoms with Crippen LogP contribution in [0.25, 0.3) is 0 Å². The highest BCUT2D eigenvalue weighted by Crippen LogP contribution is 2.43. The van der Waals surface area contributed by atoms with E-state index in [0.29, 0.717) is 17.8 Å². The molecule has 0 aromatic heterocycles. The van der Waals surface area contributed by atoms with Crippen molar-refractivity contribution in [3.63, 3.8) is 0 Å². The largest absolute Gasteiger partial charge is 0.330 e. The third-order valence-corrected chi connectivity index (χ3v) is 2.33. The van der Waals surface area contributed by atoms with Crippen LogP contribution < -0.4 is 17.2 Å². The molecule has 1 aliphatic rings. The molecule has 78 valence electrons. The van der Waals surface area contributed by atoms with Gasteiger partial charge in [0.2, 0.25) is 0 Å². The van der Waals surface area contributed by atoms with Crippen LogP contribution in [0, 0.1) is 17.8 Å². The van der Waals surface area contributed by atoms with Gasteiger partial charge in [0.15, 0.2) is 0 Å². The standard InChI is InChI=1S/C6H15N3.3ClH/c7-1-4-5(2-8)6(4)3-9;;;/h4-6H,1-3,7-9H2;3*1H. The van der Waals surface area contributed by atoms with Gasteiger partial charge in [0.1, 0.15) is 0 Å². The Morgan fingerprint density at radius 3 is 0.833 bits per heavy atom. The summed E-state index contributed by atoms with van der Waals surface area (Å²) in [5, 5.41) is 0. The minimum atomic E-state index is 0. The van der Waals surface area contributed by atoms with Crippen LogP contribution in [0.3, 0.4) is 0 Å². The molecule has 12 heavy (non-hydrogen) atoms. The summed E-state index contributed by atoms with van der Waals surface area (Å²) >= 11 is 0. The lowest BCUT2D eigenvalue weighted by Gasteiger charge is -1.86. The topological polar surface area (TPSA) is 78.1 Å². The van der Waals surface area contributed by atoms with Gasteiger partial charge in [-0.3, -0.25) is 0 Å². The number of nitrogens with two attached hydrogens (primary N) is 3. The zero-order chi connectivity index (χ0) is 6.85. The Labute approximate surface area is 92.0 Å². The fourth-order valence-corrected chi connectivity index (χ4v) is 1.57. The Bertz CT molecular complexity index is 79.0. The van der Waals surface area contributed by atoms with Crippen molar-refractivity contribution in [2.24, 2.45) is 35.0 Å². The first kappa shape index (κ1) is 18.5. The Balaban J connectivity index is -0.000000270. The smallest absolute Gasteiger partial charge is 0.00424 e. The van der Waals surface area contributed by atoms with Crippen LogP contribution in [0.2, 0.25) is 0 Å². The van der Waals surface area contributed by atoms with Crippen molar-refractivity contribution in [2.45, 2.75) is 0 Å². The van der Waals surface area contributed by atoms with Gasteiger partial charge in [0, 0.05) is 0 Å². The number of rotatable bonds is 3. The molecule has 0 bridgehead atoms. The monoisotopic (exact) mass is 237 g/mol. The van der Waals surface area contributed by atoms with E-state index in [2.05, 4.69) is 0 Å². The third-order valence-electron chi connectivity index (χ3n) is 2.33. The van der Waals surface area contributed by atoms with Crippen molar-refractivity contribution in [2.75, 3.05) is 19.6 Å². The summed E-state index contributed by atoms with van der Waals surface area (Å²) in [5.74, 6) is 1.87. The summed E-state index contributed by atoms with van der Waals surface area (Å²) in [6.07, 6.45) is 0. The molecule has 0 radical (unpaired) electrons. The van der Waals surface area contributed by atoms with Gasteiger partial charge in [-0.25, -0.2) is 0 Å². The average Bonchev–Trinajstić information content (AvgIpc) is 2.59. The maximum Gasteiger partial charge on any atom is -0.00424 e. The molecule has 6 heteroatoms.